The monoisotopic (exact) mass is 446 g/mol. The largest absolute Gasteiger partial charge is 0.436 e. The van der Waals surface area contributed by atoms with E-state index in [1.807, 2.05) is 24.3 Å². The summed E-state index contributed by atoms with van der Waals surface area (Å²) in [5.74, 6) is 0.762. The lowest BCUT2D eigenvalue weighted by molar-refractivity contribution is 0.579. The van der Waals surface area contributed by atoms with Gasteiger partial charge in [0.25, 0.3) is 0 Å². The molecule has 0 radical (unpaired) electrons. The smallest absolute Gasteiger partial charge is 0.223 e. The zero-order valence-corrected chi connectivity index (χ0v) is 19.6. The fourth-order valence-electron chi connectivity index (χ4n) is 5.23. The zero-order valence-electron chi connectivity index (χ0n) is 19.6. The molecule has 1 aromatic carbocycles. The Hall–Kier alpha value is -3.46. The minimum absolute atomic E-state index is 0.762. The van der Waals surface area contributed by atoms with E-state index in [4.69, 9.17) is 9.41 Å². The second-order valence-corrected chi connectivity index (χ2v) is 9.50. The van der Waals surface area contributed by atoms with Gasteiger partial charge in [0.15, 0.2) is 5.58 Å². The second kappa shape index (κ2) is 9.42. The van der Waals surface area contributed by atoms with Crippen molar-refractivity contribution in [3.8, 4) is 0 Å². The van der Waals surface area contributed by atoms with Crippen LogP contribution in [0.15, 0.2) is 110 Å². The van der Waals surface area contributed by atoms with Crippen molar-refractivity contribution in [2.45, 2.75) is 57.8 Å². The van der Waals surface area contributed by atoms with E-state index >= 15 is 0 Å². The number of fused-ring (bicyclic) bond motifs is 1. The summed E-state index contributed by atoms with van der Waals surface area (Å²) < 4.78 is 5.96. The van der Waals surface area contributed by atoms with Crippen LogP contribution in [-0.4, -0.2) is 10.7 Å². The number of allylic oxidation sites excluding steroid dienone is 14. The van der Waals surface area contributed by atoms with Gasteiger partial charge in [-0.25, -0.2) is 4.98 Å². The van der Waals surface area contributed by atoms with Gasteiger partial charge in [0.2, 0.25) is 5.89 Å². The number of rotatable bonds is 4. The van der Waals surface area contributed by atoms with Crippen LogP contribution in [0.2, 0.25) is 0 Å². The fraction of sp³-hybridized carbons (Fsp3) is 0.290. The third-order valence-electron chi connectivity index (χ3n) is 7.22. The van der Waals surface area contributed by atoms with Gasteiger partial charge in [-0.15, -0.1) is 0 Å². The Morgan fingerprint density at radius 3 is 1.91 bits per heavy atom. The zero-order chi connectivity index (χ0) is 22.7. The fourth-order valence-corrected chi connectivity index (χ4v) is 5.23. The molecule has 0 atom stereocenters. The van der Waals surface area contributed by atoms with Crippen molar-refractivity contribution in [2.75, 3.05) is 0 Å². The van der Waals surface area contributed by atoms with Crippen LogP contribution in [0.25, 0.3) is 16.7 Å². The van der Waals surface area contributed by atoms with Crippen molar-refractivity contribution in [3.63, 3.8) is 0 Å². The maximum absolute atomic E-state index is 5.96. The van der Waals surface area contributed by atoms with E-state index in [0.29, 0.717) is 0 Å². The highest BCUT2D eigenvalue weighted by Gasteiger charge is 2.19. The number of oxazole rings is 1. The van der Waals surface area contributed by atoms with E-state index in [0.717, 1.165) is 61.9 Å². The molecular weight excluding hydrogens is 416 g/mol. The van der Waals surface area contributed by atoms with Crippen LogP contribution in [0.5, 0.6) is 0 Å². The van der Waals surface area contributed by atoms with E-state index < -0.39 is 0 Å². The summed E-state index contributed by atoms with van der Waals surface area (Å²) in [6.07, 6.45) is 28.1. The lowest BCUT2D eigenvalue weighted by atomic mass is 9.84. The lowest BCUT2D eigenvalue weighted by Crippen LogP contribution is -2.04. The first-order chi connectivity index (χ1) is 16.8. The van der Waals surface area contributed by atoms with E-state index in [1.54, 1.807) is 0 Å². The van der Waals surface area contributed by atoms with Crippen LogP contribution in [0, 0.1) is 0 Å². The maximum Gasteiger partial charge on any atom is 0.223 e. The number of aliphatic imine (C=N–C) groups is 1. The van der Waals surface area contributed by atoms with Gasteiger partial charge in [-0.3, -0.25) is 4.99 Å². The van der Waals surface area contributed by atoms with Crippen molar-refractivity contribution < 1.29 is 4.42 Å². The van der Waals surface area contributed by atoms with Crippen molar-refractivity contribution in [1.82, 2.24) is 4.98 Å². The first-order valence-electron chi connectivity index (χ1n) is 12.6. The summed E-state index contributed by atoms with van der Waals surface area (Å²) in [5.41, 5.74) is 11.3. The molecule has 4 aliphatic rings. The van der Waals surface area contributed by atoms with E-state index in [9.17, 15) is 0 Å². The Kier molecular flexibility index (Phi) is 5.85. The molecule has 0 saturated heterocycles. The SMILES string of the molecule is C1=CC(=NC2=CC=C(C3=CC=C(C4=CC=C(c5nc6ccccc6o5)CC4)CC3)CC2)CCC1. The average molecular weight is 447 g/mol. The van der Waals surface area contributed by atoms with Gasteiger partial charge >= 0.3 is 0 Å². The molecule has 0 fully saturated rings. The van der Waals surface area contributed by atoms with Crippen molar-refractivity contribution in [1.29, 1.82) is 0 Å². The summed E-state index contributed by atoms with van der Waals surface area (Å²) in [5, 5.41) is 0. The summed E-state index contributed by atoms with van der Waals surface area (Å²) in [7, 11) is 0. The normalized spacial score (nSPS) is 22.1. The molecule has 4 aliphatic carbocycles. The highest BCUT2D eigenvalue weighted by atomic mass is 16.3. The standard InChI is InChI=1S/C31H30N2O/c1-2-6-27(7-3-1)32-28-20-18-25(19-21-28)23-12-10-22(11-13-23)24-14-16-26(17-15-24)31-33-29-8-4-5-9-30(29)34-31/h2,4-6,8-10,12,14,16,18,20H,1,3,7,11,13,15,17,19,21H2. The van der Waals surface area contributed by atoms with Crippen LogP contribution < -0.4 is 0 Å². The van der Waals surface area contributed by atoms with Crippen LogP contribution in [0.4, 0.5) is 0 Å². The number of aromatic nitrogens is 1. The van der Waals surface area contributed by atoms with Crippen LogP contribution in [0.3, 0.4) is 0 Å². The Morgan fingerprint density at radius 1 is 0.676 bits per heavy atom. The molecule has 1 heterocycles. The molecule has 3 nitrogen and oxygen atoms in total. The maximum atomic E-state index is 5.96. The highest BCUT2D eigenvalue weighted by Crippen LogP contribution is 2.37. The molecule has 1 aromatic heterocycles. The summed E-state index contributed by atoms with van der Waals surface area (Å²) in [6, 6.07) is 7.97. The molecule has 0 aliphatic heterocycles. The van der Waals surface area contributed by atoms with Gasteiger partial charge in [0, 0.05) is 17.0 Å². The number of nitrogens with zero attached hydrogens (tertiary/aromatic N) is 2. The summed E-state index contributed by atoms with van der Waals surface area (Å²) >= 11 is 0. The molecule has 2 aromatic rings. The van der Waals surface area contributed by atoms with Gasteiger partial charge in [-0.1, -0.05) is 48.6 Å². The lowest BCUT2D eigenvalue weighted by Gasteiger charge is -2.22. The number of para-hydroxylation sites is 2. The average Bonchev–Trinajstić information content (AvgIpc) is 3.35. The molecule has 0 bridgehead atoms. The van der Waals surface area contributed by atoms with Gasteiger partial charge in [-0.05, 0) is 104 Å². The van der Waals surface area contributed by atoms with E-state index in [-0.39, 0.29) is 0 Å². The van der Waals surface area contributed by atoms with Gasteiger partial charge in [0.1, 0.15) is 5.52 Å². The van der Waals surface area contributed by atoms with Crippen molar-refractivity contribution in [2.24, 2.45) is 4.99 Å². The molecule has 0 unspecified atom stereocenters. The molecule has 0 N–H and O–H groups in total. The minimum atomic E-state index is 0.762. The first kappa shape index (κ1) is 21.1. The number of benzene rings is 1. The number of hydrogen-bond donors (Lipinski definition) is 0. The number of hydrogen-bond acceptors (Lipinski definition) is 3. The summed E-state index contributed by atoms with van der Waals surface area (Å²) in [4.78, 5) is 9.54. The summed E-state index contributed by atoms with van der Waals surface area (Å²) in [6.45, 7) is 0. The molecule has 0 saturated carbocycles. The molecule has 34 heavy (non-hydrogen) atoms. The quantitative estimate of drug-likeness (QED) is 0.473. The van der Waals surface area contributed by atoms with Crippen LogP contribution >= 0.6 is 0 Å². The molecule has 0 amide bonds. The van der Waals surface area contributed by atoms with E-state index in [1.165, 1.54) is 52.1 Å². The van der Waals surface area contributed by atoms with Gasteiger partial charge < -0.3 is 4.42 Å². The predicted molar refractivity (Wildman–Crippen MR) is 141 cm³/mol. The molecule has 170 valence electrons. The molecule has 6 rings (SSSR count). The topological polar surface area (TPSA) is 38.4 Å². The Bertz CT molecular complexity index is 1330. The van der Waals surface area contributed by atoms with E-state index in [2.05, 4.69) is 53.6 Å². The Labute approximate surface area is 201 Å². The van der Waals surface area contributed by atoms with Crippen LogP contribution in [0.1, 0.15) is 63.7 Å². The Morgan fingerprint density at radius 2 is 1.32 bits per heavy atom. The van der Waals surface area contributed by atoms with Crippen molar-refractivity contribution in [3.05, 3.63) is 107 Å². The Balaban J connectivity index is 1.15. The molecule has 3 heteroatoms. The van der Waals surface area contributed by atoms with Gasteiger partial charge in [0.05, 0.1) is 0 Å². The third-order valence-corrected chi connectivity index (χ3v) is 7.22. The molecular formula is C31H30N2O. The highest BCUT2D eigenvalue weighted by molar-refractivity contribution is 5.96. The third kappa shape index (κ3) is 4.48. The van der Waals surface area contributed by atoms with Crippen molar-refractivity contribution >= 4 is 22.4 Å². The van der Waals surface area contributed by atoms with Gasteiger partial charge in [-0.2, -0.15) is 0 Å². The predicted octanol–water partition coefficient (Wildman–Crippen LogP) is 8.36. The molecule has 0 spiro atoms. The second-order valence-electron chi connectivity index (χ2n) is 9.50. The minimum Gasteiger partial charge on any atom is -0.436 e. The van der Waals surface area contributed by atoms with Crippen LogP contribution in [-0.2, 0) is 0 Å². The first-order valence-corrected chi connectivity index (χ1v) is 12.6.